The predicted octanol–water partition coefficient (Wildman–Crippen LogP) is 4.52. The van der Waals surface area contributed by atoms with E-state index >= 15 is 0 Å². The molecule has 120 valence electrons. The molecule has 0 aliphatic carbocycles. The van der Waals surface area contributed by atoms with Crippen molar-refractivity contribution < 1.29 is 9.59 Å². The molecule has 0 radical (unpaired) electrons. The zero-order valence-corrected chi connectivity index (χ0v) is 14.0. The van der Waals surface area contributed by atoms with E-state index in [9.17, 15) is 9.59 Å². The largest absolute Gasteiger partial charge is 0.326 e. The molecule has 23 heavy (non-hydrogen) atoms. The average Bonchev–Trinajstić information content (AvgIpc) is 2.49. The summed E-state index contributed by atoms with van der Waals surface area (Å²) in [5.41, 5.74) is 2.09. The Hall–Kier alpha value is -2.04. The lowest BCUT2D eigenvalue weighted by Gasteiger charge is -2.09. The highest BCUT2D eigenvalue weighted by Crippen LogP contribution is 2.25. The predicted molar refractivity (Wildman–Crippen MR) is 94.2 cm³/mol. The van der Waals surface area contributed by atoms with Crippen molar-refractivity contribution in [3.8, 4) is 0 Å². The summed E-state index contributed by atoms with van der Waals surface area (Å²) in [5, 5.41) is 6.49. The first-order valence-electron chi connectivity index (χ1n) is 7.05. The van der Waals surface area contributed by atoms with Crippen molar-refractivity contribution in [1.82, 2.24) is 0 Å². The van der Waals surface area contributed by atoms with Crippen LogP contribution in [-0.2, 0) is 16.0 Å². The number of benzene rings is 2. The Labute approximate surface area is 144 Å². The average molecular weight is 351 g/mol. The molecular formula is C17H16Cl2N2O2. The number of anilines is 2. The van der Waals surface area contributed by atoms with Gasteiger partial charge in [0.05, 0.1) is 10.7 Å². The van der Waals surface area contributed by atoms with E-state index in [2.05, 4.69) is 10.6 Å². The number of carbonyl (C=O) groups is 2. The highest BCUT2D eigenvalue weighted by atomic mass is 35.5. The van der Waals surface area contributed by atoms with E-state index in [4.69, 9.17) is 23.2 Å². The van der Waals surface area contributed by atoms with Gasteiger partial charge in [-0.05, 0) is 42.3 Å². The third kappa shape index (κ3) is 5.58. The van der Waals surface area contributed by atoms with E-state index in [1.807, 2.05) is 12.1 Å². The van der Waals surface area contributed by atoms with Gasteiger partial charge in [-0.25, -0.2) is 0 Å². The molecule has 0 aliphatic rings. The van der Waals surface area contributed by atoms with Crippen LogP contribution in [0.15, 0.2) is 42.5 Å². The number of nitrogens with one attached hydrogen (secondary N) is 2. The molecule has 0 saturated carbocycles. The van der Waals surface area contributed by atoms with Crippen LogP contribution < -0.4 is 10.6 Å². The topological polar surface area (TPSA) is 58.2 Å². The van der Waals surface area contributed by atoms with Crippen molar-refractivity contribution in [3.05, 3.63) is 58.1 Å². The second-order valence-corrected chi connectivity index (χ2v) is 5.89. The first-order valence-corrected chi connectivity index (χ1v) is 7.81. The number of halogens is 2. The smallest absolute Gasteiger partial charge is 0.224 e. The molecule has 2 amide bonds. The van der Waals surface area contributed by atoms with Crippen LogP contribution in [-0.4, -0.2) is 11.8 Å². The number of hydrogen-bond donors (Lipinski definition) is 2. The van der Waals surface area contributed by atoms with Crippen molar-refractivity contribution in [2.24, 2.45) is 0 Å². The first-order chi connectivity index (χ1) is 10.9. The van der Waals surface area contributed by atoms with E-state index in [0.29, 0.717) is 34.3 Å². The highest BCUT2D eigenvalue weighted by Gasteiger charge is 2.07. The van der Waals surface area contributed by atoms with E-state index < -0.39 is 0 Å². The van der Waals surface area contributed by atoms with Crippen LogP contribution in [0.1, 0.15) is 18.9 Å². The van der Waals surface area contributed by atoms with Gasteiger partial charge in [-0.3, -0.25) is 9.59 Å². The lowest BCUT2D eigenvalue weighted by atomic mass is 10.1. The van der Waals surface area contributed by atoms with E-state index in [1.165, 1.54) is 6.92 Å². The summed E-state index contributed by atoms with van der Waals surface area (Å²) >= 11 is 11.8. The summed E-state index contributed by atoms with van der Waals surface area (Å²) in [4.78, 5) is 23.1. The molecule has 2 rings (SSSR count). The molecule has 0 spiro atoms. The fraction of sp³-hybridized carbons (Fsp3) is 0.176. The normalized spacial score (nSPS) is 10.2. The van der Waals surface area contributed by atoms with Crippen LogP contribution >= 0.6 is 23.2 Å². The number of carbonyl (C=O) groups excluding carboxylic acids is 2. The minimum Gasteiger partial charge on any atom is -0.326 e. The van der Waals surface area contributed by atoms with Crippen molar-refractivity contribution in [2.75, 3.05) is 10.6 Å². The summed E-state index contributed by atoms with van der Waals surface area (Å²) in [6, 6.07) is 12.3. The van der Waals surface area contributed by atoms with Gasteiger partial charge in [-0.2, -0.15) is 0 Å². The van der Waals surface area contributed by atoms with Gasteiger partial charge in [0.2, 0.25) is 11.8 Å². The molecule has 6 heteroatoms. The number of amides is 2. The molecule has 0 unspecified atom stereocenters. The third-order valence-electron chi connectivity index (χ3n) is 3.11. The number of rotatable bonds is 5. The van der Waals surface area contributed by atoms with Gasteiger partial charge in [0.1, 0.15) is 0 Å². The lowest BCUT2D eigenvalue weighted by molar-refractivity contribution is -0.116. The van der Waals surface area contributed by atoms with Crippen LogP contribution in [0.5, 0.6) is 0 Å². The van der Waals surface area contributed by atoms with Gasteiger partial charge in [-0.1, -0.05) is 35.3 Å². The zero-order chi connectivity index (χ0) is 16.8. The molecule has 2 aromatic rings. The second kappa shape index (κ2) is 7.99. The number of hydrogen-bond acceptors (Lipinski definition) is 2. The minimum atomic E-state index is -0.224. The second-order valence-electron chi connectivity index (χ2n) is 5.05. The fourth-order valence-corrected chi connectivity index (χ4v) is 2.31. The number of aryl methyl sites for hydroxylation is 1. The summed E-state index contributed by atoms with van der Waals surface area (Å²) in [6.45, 7) is 1.40. The van der Waals surface area contributed by atoms with Gasteiger partial charge >= 0.3 is 0 Å². The van der Waals surface area contributed by atoms with Crippen molar-refractivity contribution in [3.63, 3.8) is 0 Å². The Kier molecular flexibility index (Phi) is 6.02. The molecular weight excluding hydrogens is 335 g/mol. The molecule has 0 atom stereocenters. The van der Waals surface area contributed by atoms with Gasteiger partial charge < -0.3 is 10.6 Å². The molecule has 4 nitrogen and oxygen atoms in total. The van der Waals surface area contributed by atoms with Crippen molar-refractivity contribution in [2.45, 2.75) is 19.8 Å². The van der Waals surface area contributed by atoms with Gasteiger partial charge in [0.25, 0.3) is 0 Å². The summed E-state index contributed by atoms with van der Waals surface area (Å²) in [6.07, 6.45) is 0.967. The Morgan fingerprint density at radius 2 is 1.70 bits per heavy atom. The standard InChI is InChI=1S/C17H16Cl2N2O2/c1-11(22)20-16-10-14(7-8-15(16)19)21-17(23)9-4-12-2-5-13(18)6-3-12/h2-3,5-8,10H,4,9H2,1H3,(H,20,22)(H,21,23). The Morgan fingerprint density at radius 3 is 2.35 bits per heavy atom. The van der Waals surface area contributed by atoms with E-state index in [-0.39, 0.29) is 11.8 Å². The molecule has 0 aliphatic heterocycles. The zero-order valence-electron chi connectivity index (χ0n) is 12.5. The highest BCUT2D eigenvalue weighted by molar-refractivity contribution is 6.33. The SMILES string of the molecule is CC(=O)Nc1cc(NC(=O)CCc2ccc(Cl)cc2)ccc1Cl. The molecule has 2 aromatic carbocycles. The molecule has 2 N–H and O–H groups in total. The first kappa shape index (κ1) is 17.3. The van der Waals surface area contributed by atoms with Gasteiger partial charge in [0.15, 0.2) is 0 Å². The third-order valence-corrected chi connectivity index (χ3v) is 3.70. The quantitative estimate of drug-likeness (QED) is 0.832. The summed E-state index contributed by atoms with van der Waals surface area (Å²) in [7, 11) is 0. The maximum Gasteiger partial charge on any atom is 0.224 e. The van der Waals surface area contributed by atoms with Crippen LogP contribution in [0.4, 0.5) is 11.4 Å². The van der Waals surface area contributed by atoms with Gasteiger partial charge in [-0.15, -0.1) is 0 Å². The Balaban J connectivity index is 1.94. The monoisotopic (exact) mass is 350 g/mol. The Bertz CT molecular complexity index is 715. The summed E-state index contributed by atoms with van der Waals surface area (Å²) in [5.74, 6) is -0.339. The maximum atomic E-state index is 12.0. The molecule has 0 aromatic heterocycles. The summed E-state index contributed by atoms with van der Waals surface area (Å²) < 4.78 is 0. The molecule has 0 heterocycles. The van der Waals surface area contributed by atoms with Crippen molar-refractivity contribution >= 4 is 46.4 Å². The molecule has 0 fully saturated rings. The Morgan fingerprint density at radius 1 is 1.00 bits per heavy atom. The minimum absolute atomic E-state index is 0.115. The van der Waals surface area contributed by atoms with E-state index in [1.54, 1.807) is 30.3 Å². The van der Waals surface area contributed by atoms with Crippen LogP contribution in [0, 0.1) is 0 Å². The van der Waals surface area contributed by atoms with Crippen molar-refractivity contribution in [1.29, 1.82) is 0 Å². The van der Waals surface area contributed by atoms with Crippen LogP contribution in [0.3, 0.4) is 0 Å². The fourth-order valence-electron chi connectivity index (χ4n) is 2.02. The van der Waals surface area contributed by atoms with Crippen LogP contribution in [0.25, 0.3) is 0 Å². The van der Waals surface area contributed by atoms with Crippen LogP contribution in [0.2, 0.25) is 10.0 Å². The van der Waals surface area contributed by atoms with E-state index in [0.717, 1.165) is 5.56 Å². The van der Waals surface area contributed by atoms with Gasteiger partial charge in [0, 0.05) is 24.1 Å². The molecule has 0 saturated heterocycles. The molecule has 0 bridgehead atoms. The maximum absolute atomic E-state index is 12.0. The lowest BCUT2D eigenvalue weighted by Crippen LogP contribution is -2.13.